The van der Waals surface area contributed by atoms with E-state index >= 15 is 0 Å². The largest absolute Gasteiger partial charge is 0.466 e. The van der Waals surface area contributed by atoms with Gasteiger partial charge in [-0.3, -0.25) is 4.79 Å². The molecule has 0 aromatic heterocycles. The zero-order valence-electron chi connectivity index (χ0n) is 11.8. The van der Waals surface area contributed by atoms with Gasteiger partial charge in [0.05, 0.1) is 13.2 Å². The average Bonchev–Trinajstić information content (AvgIpc) is 2.36. The Balaban J connectivity index is 2.18. The van der Waals surface area contributed by atoms with Crippen LogP contribution in [0.25, 0.3) is 0 Å². The summed E-state index contributed by atoms with van der Waals surface area (Å²) in [5.41, 5.74) is 0. The van der Waals surface area contributed by atoms with Crippen molar-refractivity contribution in [2.45, 2.75) is 44.8 Å². The van der Waals surface area contributed by atoms with E-state index in [2.05, 4.69) is 10.2 Å². The van der Waals surface area contributed by atoms with Crippen molar-refractivity contribution in [2.75, 3.05) is 32.8 Å². The van der Waals surface area contributed by atoms with Crippen LogP contribution >= 0.6 is 0 Å². The second-order valence-corrected chi connectivity index (χ2v) is 5.04. The van der Waals surface area contributed by atoms with Crippen molar-refractivity contribution >= 4 is 5.97 Å². The average molecular weight is 296 g/mol. The van der Waals surface area contributed by atoms with E-state index in [-0.39, 0.29) is 12.0 Å². The summed E-state index contributed by atoms with van der Waals surface area (Å²) in [6.07, 6.45) is -1.46. The predicted molar refractivity (Wildman–Crippen MR) is 69.4 cm³/mol. The Labute approximate surface area is 117 Å². The molecule has 1 fully saturated rings. The summed E-state index contributed by atoms with van der Waals surface area (Å²) < 4.78 is 41.3. The van der Waals surface area contributed by atoms with E-state index in [0.717, 1.165) is 25.9 Å². The lowest BCUT2D eigenvalue weighted by Gasteiger charge is -2.33. The van der Waals surface area contributed by atoms with Crippen molar-refractivity contribution < 1.29 is 22.7 Å². The molecule has 0 spiro atoms. The smallest absolute Gasteiger partial charge is 0.401 e. The fraction of sp³-hybridized carbons (Fsp3) is 0.923. The number of ether oxygens (including phenoxy) is 1. The van der Waals surface area contributed by atoms with Gasteiger partial charge < -0.3 is 15.0 Å². The molecular formula is C13H23F3N2O2. The standard InChI is InChI=1S/C13H23F3N2O2/c1-2-20-12(19)6-4-8-18-7-3-5-11(9-18)17-10-13(14,15)16/h11,17H,2-10H2,1H3. The molecule has 0 amide bonds. The molecule has 0 aromatic rings. The minimum Gasteiger partial charge on any atom is -0.466 e. The third-order valence-electron chi connectivity index (χ3n) is 3.26. The zero-order chi connectivity index (χ0) is 15.0. The lowest BCUT2D eigenvalue weighted by Crippen LogP contribution is -2.48. The van der Waals surface area contributed by atoms with Crippen LogP contribution in [0.5, 0.6) is 0 Å². The molecule has 118 valence electrons. The van der Waals surface area contributed by atoms with Gasteiger partial charge in [0.2, 0.25) is 0 Å². The quantitative estimate of drug-likeness (QED) is 0.729. The summed E-state index contributed by atoms with van der Waals surface area (Å²) in [5.74, 6) is -0.212. The summed E-state index contributed by atoms with van der Waals surface area (Å²) in [4.78, 5) is 13.3. The number of hydrogen-bond acceptors (Lipinski definition) is 4. The maximum atomic E-state index is 12.1. The highest BCUT2D eigenvalue weighted by Crippen LogP contribution is 2.15. The van der Waals surface area contributed by atoms with Crippen molar-refractivity contribution in [3.63, 3.8) is 0 Å². The van der Waals surface area contributed by atoms with Crippen LogP contribution in [0.3, 0.4) is 0 Å². The van der Waals surface area contributed by atoms with Gasteiger partial charge in [-0.05, 0) is 39.3 Å². The van der Waals surface area contributed by atoms with E-state index in [0.29, 0.717) is 26.0 Å². The molecule has 0 saturated carbocycles. The van der Waals surface area contributed by atoms with E-state index in [9.17, 15) is 18.0 Å². The van der Waals surface area contributed by atoms with Gasteiger partial charge in [-0.1, -0.05) is 0 Å². The molecule has 1 unspecified atom stereocenters. The number of alkyl halides is 3. The number of halogens is 3. The van der Waals surface area contributed by atoms with Crippen LogP contribution < -0.4 is 5.32 Å². The molecule has 1 atom stereocenters. The number of likely N-dealkylation sites (tertiary alicyclic amines) is 1. The Bertz CT molecular complexity index is 298. The normalized spacial score (nSPS) is 20.9. The SMILES string of the molecule is CCOC(=O)CCCN1CCCC(NCC(F)(F)F)C1. The molecule has 20 heavy (non-hydrogen) atoms. The number of piperidine rings is 1. The second-order valence-electron chi connectivity index (χ2n) is 5.04. The number of carbonyl (C=O) groups excluding carboxylic acids is 1. The Kier molecular flexibility index (Phi) is 7.29. The number of nitrogens with one attached hydrogen (secondary N) is 1. The second kappa shape index (κ2) is 8.46. The molecule has 1 saturated heterocycles. The highest BCUT2D eigenvalue weighted by molar-refractivity contribution is 5.69. The highest BCUT2D eigenvalue weighted by Gasteiger charge is 2.29. The zero-order valence-corrected chi connectivity index (χ0v) is 11.8. The van der Waals surface area contributed by atoms with E-state index in [4.69, 9.17) is 4.74 Å². The Morgan fingerprint density at radius 1 is 1.45 bits per heavy atom. The first kappa shape index (κ1) is 17.2. The third-order valence-corrected chi connectivity index (χ3v) is 3.26. The van der Waals surface area contributed by atoms with E-state index < -0.39 is 12.7 Å². The Morgan fingerprint density at radius 2 is 2.20 bits per heavy atom. The molecule has 1 N–H and O–H groups in total. The van der Waals surface area contributed by atoms with E-state index in [1.165, 1.54) is 0 Å². The first-order valence-corrected chi connectivity index (χ1v) is 7.09. The number of esters is 1. The predicted octanol–water partition coefficient (Wildman–Crippen LogP) is 1.95. The molecule has 1 rings (SSSR count). The fourth-order valence-corrected chi connectivity index (χ4v) is 2.37. The molecule has 0 bridgehead atoms. The lowest BCUT2D eigenvalue weighted by atomic mass is 10.1. The topological polar surface area (TPSA) is 41.6 Å². The summed E-state index contributed by atoms with van der Waals surface area (Å²) in [7, 11) is 0. The molecule has 1 aliphatic heterocycles. The van der Waals surface area contributed by atoms with Gasteiger partial charge >= 0.3 is 12.1 Å². The fourth-order valence-electron chi connectivity index (χ4n) is 2.37. The van der Waals surface area contributed by atoms with Crippen LogP contribution in [0.4, 0.5) is 13.2 Å². The Hall–Kier alpha value is -0.820. The van der Waals surface area contributed by atoms with Crippen molar-refractivity contribution in [2.24, 2.45) is 0 Å². The summed E-state index contributed by atoms with van der Waals surface area (Å²) in [6, 6.07) is -0.118. The van der Waals surface area contributed by atoms with Crippen LogP contribution in [0.15, 0.2) is 0 Å². The maximum Gasteiger partial charge on any atom is 0.401 e. The molecule has 1 aliphatic rings. The molecule has 0 aromatic carbocycles. The third kappa shape index (κ3) is 7.69. The van der Waals surface area contributed by atoms with Gasteiger partial charge in [-0.2, -0.15) is 13.2 Å². The van der Waals surface area contributed by atoms with Crippen LogP contribution in [0.2, 0.25) is 0 Å². The Morgan fingerprint density at radius 3 is 2.85 bits per heavy atom. The van der Waals surface area contributed by atoms with E-state index in [1.54, 1.807) is 6.92 Å². The minimum absolute atomic E-state index is 0.118. The van der Waals surface area contributed by atoms with Crippen LogP contribution in [0.1, 0.15) is 32.6 Å². The first-order chi connectivity index (χ1) is 9.40. The van der Waals surface area contributed by atoms with Gasteiger partial charge in [0.1, 0.15) is 0 Å². The van der Waals surface area contributed by atoms with Crippen molar-refractivity contribution in [1.82, 2.24) is 10.2 Å². The molecule has 0 radical (unpaired) electrons. The number of nitrogens with zero attached hydrogens (tertiary/aromatic N) is 1. The summed E-state index contributed by atoms with van der Waals surface area (Å²) >= 11 is 0. The number of hydrogen-bond donors (Lipinski definition) is 1. The van der Waals surface area contributed by atoms with Gasteiger partial charge in [0.25, 0.3) is 0 Å². The molecule has 0 aliphatic carbocycles. The monoisotopic (exact) mass is 296 g/mol. The molecule has 7 heteroatoms. The van der Waals surface area contributed by atoms with Crippen molar-refractivity contribution in [3.8, 4) is 0 Å². The van der Waals surface area contributed by atoms with E-state index in [1.807, 2.05) is 0 Å². The van der Waals surface area contributed by atoms with Gasteiger partial charge in [0.15, 0.2) is 0 Å². The van der Waals surface area contributed by atoms with Crippen molar-refractivity contribution in [1.29, 1.82) is 0 Å². The highest BCUT2D eigenvalue weighted by atomic mass is 19.4. The number of carbonyl (C=O) groups is 1. The molecular weight excluding hydrogens is 273 g/mol. The van der Waals surface area contributed by atoms with Crippen LogP contribution in [-0.4, -0.2) is 55.9 Å². The summed E-state index contributed by atoms with van der Waals surface area (Å²) in [5, 5.41) is 2.55. The number of rotatable bonds is 7. The van der Waals surface area contributed by atoms with Crippen LogP contribution in [-0.2, 0) is 9.53 Å². The lowest BCUT2D eigenvalue weighted by molar-refractivity contribution is -0.143. The molecule has 4 nitrogen and oxygen atoms in total. The van der Waals surface area contributed by atoms with Gasteiger partial charge in [0, 0.05) is 19.0 Å². The first-order valence-electron chi connectivity index (χ1n) is 7.09. The van der Waals surface area contributed by atoms with Gasteiger partial charge in [-0.25, -0.2) is 0 Å². The maximum absolute atomic E-state index is 12.1. The molecule has 1 heterocycles. The van der Waals surface area contributed by atoms with Crippen molar-refractivity contribution in [3.05, 3.63) is 0 Å². The summed E-state index contributed by atoms with van der Waals surface area (Å²) in [6.45, 7) is 3.43. The minimum atomic E-state index is -4.16. The van der Waals surface area contributed by atoms with Gasteiger partial charge in [-0.15, -0.1) is 0 Å². The van der Waals surface area contributed by atoms with Crippen LogP contribution in [0, 0.1) is 0 Å².